The highest BCUT2D eigenvalue weighted by atomic mass is 16.1. The number of hydrogen-bond acceptors (Lipinski definition) is 1. The fourth-order valence-electron chi connectivity index (χ4n) is 2.95. The third-order valence-electron chi connectivity index (χ3n) is 4.08. The van der Waals surface area contributed by atoms with Gasteiger partial charge in [-0.05, 0) is 29.5 Å². The van der Waals surface area contributed by atoms with Crippen molar-refractivity contribution in [1.82, 2.24) is 0 Å². The Bertz CT molecular complexity index is 646. The van der Waals surface area contributed by atoms with Crippen LogP contribution in [0.4, 0.5) is 0 Å². The van der Waals surface area contributed by atoms with Crippen molar-refractivity contribution in [3.8, 4) is 0 Å². The zero-order valence-electron chi connectivity index (χ0n) is 11.3. The third kappa shape index (κ3) is 2.03. The lowest BCUT2D eigenvalue weighted by atomic mass is 9.79. The van der Waals surface area contributed by atoms with Gasteiger partial charge < -0.3 is 5.73 Å². The zero-order chi connectivity index (χ0) is 14.0. The lowest BCUT2D eigenvalue weighted by Crippen LogP contribution is -2.37. The highest BCUT2D eigenvalue weighted by molar-refractivity contribution is 5.93. The largest absolute Gasteiger partial charge is 0.369 e. The first kappa shape index (κ1) is 12.7. The van der Waals surface area contributed by atoms with Crippen molar-refractivity contribution >= 4 is 11.5 Å². The van der Waals surface area contributed by atoms with E-state index in [-0.39, 0.29) is 5.91 Å². The molecule has 0 aliphatic heterocycles. The minimum absolute atomic E-state index is 0.269. The van der Waals surface area contributed by atoms with E-state index in [1.165, 1.54) is 11.1 Å². The number of carbonyl (C=O) groups excluding carboxylic acids is 1. The molecule has 0 saturated heterocycles. The zero-order valence-corrected chi connectivity index (χ0v) is 11.3. The Hall–Kier alpha value is -2.35. The molecule has 0 aromatic heterocycles. The predicted molar refractivity (Wildman–Crippen MR) is 81.0 cm³/mol. The molecule has 3 rings (SSSR count). The fraction of sp³-hybridized carbons (Fsp3) is 0.167. The van der Waals surface area contributed by atoms with Crippen LogP contribution < -0.4 is 5.73 Å². The van der Waals surface area contributed by atoms with E-state index in [4.69, 9.17) is 5.73 Å². The average molecular weight is 263 g/mol. The maximum Gasteiger partial charge on any atom is 0.231 e. The van der Waals surface area contributed by atoms with E-state index < -0.39 is 5.41 Å². The Kier molecular flexibility index (Phi) is 3.15. The molecule has 0 spiro atoms. The van der Waals surface area contributed by atoms with Gasteiger partial charge in [0.05, 0.1) is 5.41 Å². The summed E-state index contributed by atoms with van der Waals surface area (Å²) in [6.07, 6.45) is 3.68. The van der Waals surface area contributed by atoms with Crippen LogP contribution in [-0.4, -0.2) is 5.91 Å². The molecular weight excluding hydrogens is 246 g/mol. The van der Waals surface area contributed by atoms with Crippen LogP contribution in [0, 0.1) is 0 Å². The van der Waals surface area contributed by atoms with Crippen LogP contribution in [0.25, 0.3) is 5.57 Å². The lowest BCUT2D eigenvalue weighted by molar-refractivity contribution is -0.121. The quantitative estimate of drug-likeness (QED) is 0.907. The van der Waals surface area contributed by atoms with Crippen molar-refractivity contribution < 1.29 is 4.79 Å². The normalized spacial score (nSPS) is 21.5. The molecule has 0 bridgehead atoms. The monoisotopic (exact) mass is 263 g/mol. The summed E-state index contributed by atoms with van der Waals surface area (Å²) in [5, 5.41) is 0. The molecule has 100 valence electrons. The Morgan fingerprint density at radius 3 is 2.15 bits per heavy atom. The topological polar surface area (TPSA) is 43.1 Å². The molecule has 2 heteroatoms. The van der Waals surface area contributed by atoms with Crippen LogP contribution >= 0.6 is 0 Å². The van der Waals surface area contributed by atoms with Crippen molar-refractivity contribution in [3.63, 3.8) is 0 Å². The molecule has 0 heterocycles. The second-order valence-corrected chi connectivity index (χ2v) is 5.24. The molecule has 20 heavy (non-hydrogen) atoms. The van der Waals surface area contributed by atoms with Gasteiger partial charge in [-0.15, -0.1) is 0 Å². The van der Waals surface area contributed by atoms with E-state index in [2.05, 4.69) is 18.2 Å². The van der Waals surface area contributed by atoms with Crippen LogP contribution in [-0.2, 0) is 10.2 Å². The molecular formula is C18H17NO. The van der Waals surface area contributed by atoms with E-state index in [0.29, 0.717) is 0 Å². The van der Waals surface area contributed by atoms with Gasteiger partial charge in [0.15, 0.2) is 0 Å². The number of hydrogen-bond donors (Lipinski definition) is 1. The van der Waals surface area contributed by atoms with Gasteiger partial charge in [-0.3, -0.25) is 4.79 Å². The number of benzene rings is 2. The molecule has 1 aliphatic rings. The van der Waals surface area contributed by atoms with Gasteiger partial charge in [0.25, 0.3) is 0 Å². The first-order valence-electron chi connectivity index (χ1n) is 6.85. The molecule has 0 saturated carbocycles. The molecule has 2 aromatic rings. The maximum atomic E-state index is 12.1. The standard InChI is InChI=1S/C18H17NO/c19-17(20)18(16-9-5-2-6-10-16)12-11-15(13-18)14-7-3-1-4-8-14/h1-10,13H,11-12H2,(H2,19,20). The number of rotatable bonds is 3. The first-order chi connectivity index (χ1) is 9.72. The van der Waals surface area contributed by atoms with Crippen LogP contribution in [0.3, 0.4) is 0 Å². The molecule has 0 radical (unpaired) electrons. The molecule has 2 nitrogen and oxygen atoms in total. The number of primary amides is 1. The van der Waals surface area contributed by atoms with Gasteiger partial charge in [-0.1, -0.05) is 66.7 Å². The van der Waals surface area contributed by atoms with Crippen molar-refractivity contribution in [2.24, 2.45) is 5.73 Å². The van der Waals surface area contributed by atoms with E-state index in [9.17, 15) is 4.79 Å². The van der Waals surface area contributed by atoms with Gasteiger partial charge in [-0.2, -0.15) is 0 Å². The number of nitrogens with two attached hydrogens (primary N) is 1. The van der Waals surface area contributed by atoms with Crippen molar-refractivity contribution in [2.75, 3.05) is 0 Å². The Morgan fingerprint density at radius 1 is 0.950 bits per heavy atom. The second kappa shape index (κ2) is 4.97. The van der Waals surface area contributed by atoms with Gasteiger partial charge in [0.1, 0.15) is 0 Å². The molecule has 0 fully saturated rings. The van der Waals surface area contributed by atoms with Gasteiger partial charge in [-0.25, -0.2) is 0 Å². The summed E-state index contributed by atoms with van der Waals surface area (Å²) in [6.45, 7) is 0. The molecule has 2 aromatic carbocycles. The predicted octanol–water partition coefficient (Wildman–Crippen LogP) is 3.29. The second-order valence-electron chi connectivity index (χ2n) is 5.24. The Labute approximate surface area is 118 Å². The average Bonchev–Trinajstić information content (AvgIpc) is 2.96. The summed E-state index contributed by atoms with van der Waals surface area (Å²) >= 11 is 0. The molecule has 2 N–H and O–H groups in total. The summed E-state index contributed by atoms with van der Waals surface area (Å²) in [7, 11) is 0. The molecule has 1 unspecified atom stereocenters. The molecule has 1 atom stereocenters. The summed E-state index contributed by atoms with van der Waals surface area (Å²) in [4.78, 5) is 12.1. The van der Waals surface area contributed by atoms with Crippen LogP contribution in [0.5, 0.6) is 0 Å². The number of carbonyl (C=O) groups is 1. The van der Waals surface area contributed by atoms with Crippen LogP contribution in [0.2, 0.25) is 0 Å². The SMILES string of the molecule is NC(=O)C1(c2ccccc2)C=C(c2ccccc2)CC1. The van der Waals surface area contributed by atoms with Crippen LogP contribution in [0.15, 0.2) is 66.7 Å². The summed E-state index contributed by atoms with van der Waals surface area (Å²) in [5.74, 6) is -0.269. The minimum atomic E-state index is -0.660. The first-order valence-corrected chi connectivity index (χ1v) is 6.85. The van der Waals surface area contributed by atoms with E-state index >= 15 is 0 Å². The van der Waals surface area contributed by atoms with Gasteiger partial charge in [0, 0.05) is 0 Å². The molecule has 1 amide bonds. The molecule has 1 aliphatic carbocycles. The fourth-order valence-corrected chi connectivity index (χ4v) is 2.95. The highest BCUT2D eigenvalue weighted by Gasteiger charge is 2.40. The third-order valence-corrected chi connectivity index (χ3v) is 4.08. The highest BCUT2D eigenvalue weighted by Crippen LogP contribution is 2.42. The van der Waals surface area contributed by atoms with Gasteiger partial charge >= 0.3 is 0 Å². The summed E-state index contributed by atoms with van der Waals surface area (Å²) < 4.78 is 0. The smallest absolute Gasteiger partial charge is 0.231 e. The summed E-state index contributed by atoms with van der Waals surface area (Å²) in [6, 6.07) is 20.0. The summed E-state index contributed by atoms with van der Waals surface area (Å²) in [5.41, 5.74) is 8.42. The van der Waals surface area contributed by atoms with E-state index in [1.807, 2.05) is 48.5 Å². The van der Waals surface area contributed by atoms with E-state index in [1.54, 1.807) is 0 Å². The van der Waals surface area contributed by atoms with Crippen molar-refractivity contribution in [3.05, 3.63) is 77.9 Å². The maximum absolute atomic E-state index is 12.1. The van der Waals surface area contributed by atoms with Crippen molar-refractivity contribution in [2.45, 2.75) is 18.3 Å². The number of amides is 1. The van der Waals surface area contributed by atoms with E-state index in [0.717, 1.165) is 18.4 Å². The Morgan fingerprint density at radius 2 is 1.55 bits per heavy atom. The number of allylic oxidation sites excluding steroid dienone is 1. The lowest BCUT2D eigenvalue weighted by Gasteiger charge is -2.23. The minimum Gasteiger partial charge on any atom is -0.369 e. The van der Waals surface area contributed by atoms with Crippen LogP contribution in [0.1, 0.15) is 24.0 Å². The Balaban J connectivity index is 2.07. The van der Waals surface area contributed by atoms with Crippen molar-refractivity contribution in [1.29, 1.82) is 0 Å². The van der Waals surface area contributed by atoms with Gasteiger partial charge in [0.2, 0.25) is 5.91 Å².